The number of fused-ring (bicyclic) bond motifs is 5. The van der Waals surface area contributed by atoms with Gasteiger partial charge in [-0.05, 0) is 75.2 Å². The second kappa shape index (κ2) is 9.31. The average molecular weight is 551 g/mol. The van der Waals surface area contributed by atoms with Crippen molar-refractivity contribution in [3.05, 3.63) is 120 Å². The number of furan rings is 1. The molecule has 6 aromatic rings. The van der Waals surface area contributed by atoms with Crippen molar-refractivity contribution < 1.29 is 4.42 Å². The Balaban J connectivity index is 1.23. The smallest absolute Gasteiger partial charge is 0.159 e. The second-order valence-corrected chi connectivity index (χ2v) is 11.6. The van der Waals surface area contributed by atoms with Crippen molar-refractivity contribution in [2.45, 2.75) is 40.0 Å². The Morgan fingerprint density at radius 1 is 0.524 bits per heavy atom. The van der Waals surface area contributed by atoms with Crippen molar-refractivity contribution in [3.63, 3.8) is 0 Å². The summed E-state index contributed by atoms with van der Waals surface area (Å²) >= 11 is 0. The van der Waals surface area contributed by atoms with Crippen molar-refractivity contribution in [3.8, 4) is 0 Å². The van der Waals surface area contributed by atoms with Gasteiger partial charge in [-0.3, -0.25) is 0 Å². The number of para-hydroxylation sites is 6. The van der Waals surface area contributed by atoms with Crippen molar-refractivity contribution >= 4 is 56.1 Å². The van der Waals surface area contributed by atoms with Gasteiger partial charge in [0.05, 0.1) is 35.1 Å². The van der Waals surface area contributed by atoms with Crippen LogP contribution in [0.4, 0.5) is 34.1 Å². The highest BCUT2D eigenvalue weighted by molar-refractivity contribution is 6.10. The molecule has 2 atom stereocenters. The van der Waals surface area contributed by atoms with Crippen LogP contribution in [0, 0.1) is 13.8 Å². The van der Waals surface area contributed by atoms with Crippen molar-refractivity contribution in [2.75, 3.05) is 26.3 Å². The van der Waals surface area contributed by atoms with Crippen LogP contribution in [0.1, 0.15) is 25.0 Å². The summed E-state index contributed by atoms with van der Waals surface area (Å²) in [5.74, 6) is 0. The molecule has 0 spiro atoms. The minimum absolute atomic E-state index is 0.0757. The van der Waals surface area contributed by atoms with Crippen molar-refractivity contribution in [1.82, 2.24) is 0 Å². The molecule has 208 valence electrons. The highest BCUT2D eigenvalue weighted by Crippen LogP contribution is 2.50. The van der Waals surface area contributed by atoms with Crippen LogP contribution in [0.2, 0.25) is 0 Å². The van der Waals surface area contributed by atoms with Gasteiger partial charge in [-0.1, -0.05) is 72.8 Å². The van der Waals surface area contributed by atoms with Crippen LogP contribution in [0.3, 0.4) is 0 Å². The number of benzene rings is 5. The Kier molecular flexibility index (Phi) is 5.51. The molecule has 42 heavy (non-hydrogen) atoms. The number of anilines is 6. The number of aryl methyl sites for hydroxylation is 2. The lowest BCUT2D eigenvalue weighted by atomic mass is 10.1. The van der Waals surface area contributed by atoms with Crippen LogP contribution in [0.5, 0.6) is 0 Å². The Morgan fingerprint density at radius 3 is 1.76 bits per heavy atom. The molecule has 0 bridgehead atoms. The fourth-order valence-electron chi connectivity index (χ4n) is 7.10. The molecule has 5 nitrogen and oxygen atoms in total. The summed E-state index contributed by atoms with van der Waals surface area (Å²) in [5, 5.41) is 2.31. The molecule has 0 N–H and O–H groups in total. The maximum absolute atomic E-state index is 6.57. The Hall–Kier alpha value is -4.90. The topological polar surface area (TPSA) is 26.1 Å². The molecule has 0 fully saturated rings. The largest absolute Gasteiger partial charge is 0.454 e. The molecule has 2 aliphatic rings. The van der Waals surface area contributed by atoms with Gasteiger partial charge in [0.2, 0.25) is 0 Å². The molecule has 0 saturated carbocycles. The van der Waals surface area contributed by atoms with E-state index in [1.54, 1.807) is 0 Å². The highest BCUT2D eigenvalue weighted by Gasteiger charge is 2.40. The summed E-state index contributed by atoms with van der Waals surface area (Å²) < 4.78 is 6.57. The standard InChI is InChI=1S/C37H34N4O/c1-24-13-5-7-15-30(24)40-26(3)38(31-16-8-10-18-33(31)40)23-39-27(4)41(34-19-11-9-17-32(34)39)36-25(2)21-22-29-28-14-6-12-20-35(28)42-37(29)36/h5-22,26-27H,23H2,1-4H3/t26-,27+/m1/s1. The molecule has 0 saturated heterocycles. The first-order valence-corrected chi connectivity index (χ1v) is 14.8. The predicted molar refractivity (Wildman–Crippen MR) is 176 cm³/mol. The van der Waals surface area contributed by atoms with E-state index in [4.69, 9.17) is 4.42 Å². The summed E-state index contributed by atoms with van der Waals surface area (Å²) in [4.78, 5) is 10.0. The Bertz CT molecular complexity index is 1980. The molecule has 3 heterocycles. The zero-order chi connectivity index (χ0) is 28.5. The number of rotatable bonds is 4. The van der Waals surface area contributed by atoms with Crippen LogP contribution in [-0.2, 0) is 0 Å². The third-order valence-electron chi connectivity index (χ3n) is 9.19. The van der Waals surface area contributed by atoms with E-state index in [2.05, 4.69) is 150 Å². The average Bonchev–Trinajstić information content (AvgIpc) is 3.61. The van der Waals surface area contributed by atoms with Gasteiger partial charge in [-0.15, -0.1) is 0 Å². The zero-order valence-corrected chi connectivity index (χ0v) is 24.5. The van der Waals surface area contributed by atoms with Crippen molar-refractivity contribution in [2.24, 2.45) is 0 Å². The van der Waals surface area contributed by atoms with Gasteiger partial charge >= 0.3 is 0 Å². The van der Waals surface area contributed by atoms with Gasteiger partial charge in [0.25, 0.3) is 0 Å². The summed E-state index contributed by atoms with van der Waals surface area (Å²) in [6, 6.07) is 39.1. The fourth-order valence-corrected chi connectivity index (χ4v) is 7.10. The van der Waals surface area contributed by atoms with E-state index in [1.165, 1.54) is 39.6 Å². The van der Waals surface area contributed by atoms with Crippen LogP contribution in [0.15, 0.2) is 114 Å². The van der Waals surface area contributed by atoms with E-state index in [-0.39, 0.29) is 12.3 Å². The van der Waals surface area contributed by atoms with E-state index in [9.17, 15) is 0 Å². The van der Waals surface area contributed by atoms with Gasteiger partial charge in [0.1, 0.15) is 17.9 Å². The minimum atomic E-state index is 0.0757. The first kappa shape index (κ1) is 24.9. The molecule has 0 amide bonds. The van der Waals surface area contributed by atoms with Gasteiger partial charge < -0.3 is 24.0 Å². The monoisotopic (exact) mass is 550 g/mol. The molecule has 8 rings (SSSR count). The molecular weight excluding hydrogens is 516 g/mol. The predicted octanol–water partition coefficient (Wildman–Crippen LogP) is 9.47. The van der Waals surface area contributed by atoms with E-state index >= 15 is 0 Å². The van der Waals surface area contributed by atoms with Crippen LogP contribution >= 0.6 is 0 Å². The number of hydrogen-bond donors (Lipinski definition) is 0. The van der Waals surface area contributed by atoms with Gasteiger partial charge in [-0.25, -0.2) is 0 Å². The summed E-state index contributed by atoms with van der Waals surface area (Å²) in [6.45, 7) is 9.77. The summed E-state index contributed by atoms with van der Waals surface area (Å²) in [7, 11) is 0. The van der Waals surface area contributed by atoms with Crippen molar-refractivity contribution in [1.29, 1.82) is 0 Å². The van der Waals surface area contributed by atoms with E-state index in [0.29, 0.717) is 0 Å². The lowest BCUT2D eigenvalue weighted by Gasteiger charge is -2.37. The van der Waals surface area contributed by atoms with Gasteiger partial charge in [-0.2, -0.15) is 0 Å². The third kappa shape index (κ3) is 3.49. The van der Waals surface area contributed by atoms with E-state index in [0.717, 1.165) is 34.3 Å². The maximum Gasteiger partial charge on any atom is 0.159 e. The molecule has 0 unspecified atom stereocenters. The van der Waals surface area contributed by atoms with Crippen LogP contribution < -0.4 is 19.6 Å². The molecule has 2 aliphatic heterocycles. The second-order valence-electron chi connectivity index (χ2n) is 11.6. The van der Waals surface area contributed by atoms with Crippen LogP contribution in [0.25, 0.3) is 21.9 Å². The normalized spacial score (nSPS) is 17.9. The Morgan fingerprint density at radius 2 is 1.07 bits per heavy atom. The fraction of sp³-hybridized carbons (Fsp3) is 0.189. The zero-order valence-electron chi connectivity index (χ0n) is 24.5. The van der Waals surface area contributed by atoms with Gasteiger partial charge in [0.15, 0.2) is 5.58 Å². The minimum Gasteiger partial charge on any atom is -0.454 e. The SMILES string of the molecule is Cc1ccccc1N1c2ccccc2N(CN2c3ccccc3N(c3c(C)ccc4c3oc3ccccc34)[C@H]2C)[C@H]1C. The molecule has 1 aromatic heterocycles. The first-order chi connectivity index (χ1) is 20.5. The Labute approximate surface area is 246 Å². The number of nitrogens with zero attached hydrogens (tertiary/aromatic N) is 4. The lowest BCUT2D eigenvalue weighted by Crippen LogP contribution is -2.49. The first-order valence-electron chi connectivity index (χ1n) is 14.8. The summed E-state index contributed by atoms with van der Waals surface area (Å²) in [6.07, 6.45) is 0.226. The summed E-state index contributed by atoms with van der Waals surface area (Å²) in [5.41, 5.74) is 11.7. The highest BCUT2D eigenvalue weighted by atomic mass is 16.3. The van der Waals surface area contributed by atoms with E-state index < -0.39 is 0 Å². The van der Waals surface area contributed by atoms with E-state index in [1.807, 2.05) is 6.07 Å². The quantitative estimate of drug-likeness (QED) is 0.218. The van der Waals surface area contributed by atoms with Crippen LogP contribution in [-0.4, -0.2) is 19.0 Å². The molecule has 5 heteroatoms. The third-order valence-corrected chi connectivity index (χ3v) is 9.19. The molecule has 0 aliphatic carbocycles. The lowest BCUT2D eigenvalue weighted by molar-refractivity contribution is 0.604. The molecular formula is C37H34N4O. The number of hydrogen-bond acceptors (Lipinski definition) is 5. The molecule has 5 aromatic carbocycles. The molecule has 0 radical (unpaired) electrons. The van der Waals surface area contributed by atoms with Gasteiger partial charge in [0, 0.05) is 16.5 Å². The maximum atomic E-state index is 6.57.